The Morgan fingerprint density at radius 1 is 1.19 bits per heavy atom. The molecule has 2 aromatic carbocycles. The monoisotopic (exact) mass is 369 g/mol. The Bertz CT molecular complexity index is 905. The topological polar surface area (TPSA) is 57.1 Å². The van der Waals surface area contributed by atoms with Gasteiger partial charge in [-0.3, -0.25) is 0 Å². The molecule has 0 unspecified atom stereocenters. The lowest BCUT2D eigenvalue weighted by atomic mass is 10.1. The minimum absolute atomic E-state index is 0.0442. The van der Waals surface area contributed by atoms with E-state index in [1.807, 2.05) is 0 Å². The summed E-state index contributed by atoms with van der Waals surface area (Å²) >= 11 is 0. The highest BCUT2D eigenvalue weighted by atomic mass is 19.1. The summed E-state index contributed by atoms with van der Waals surface area (Å²) in [6.07, 6.45) is 3.52. The highest BCUT2D eigenvalue weighted by molar-refractivity contribution is 6.12. The molecule has 1 heterocycles. The summed E-state index contributed by atoms with van der Waals surface area (Å²) in [6.45, 7) is 2.66. The van der Waals surface area contributed by atoms with Crippen LogP contribution in [0.5, 0.6) is 11.5 Å². The van der Waals surface area contributed by atoms with E-state index in [0.29, 0.717) is 23.7 Å². The van der Waals surface area contributed by atoms with Crippen LogP contribution in [0, 0.1) is 5.82 Å². The van der Waals surface area contributed by atoms with Gasteiger partial charge in [0, 0.05) is 0 Å². The number of hydrogen-bond donors (Lipinski definition) is 0. The van der Waals surface area contributed by atoms with E-state index < -0.39 is 11.8 Å². The Kier molecular flexibility index (Phi) is 5.86. The van der Waals surface area contributed by atoms with E-state index in [1.165, 1.54) is 12.1 Å². The van der Waals surface area contributed by atoms with Gasteiger partial charge in [-0.2, -0.15) is 0 Å². The second kappa shape index (κ2) is 8.49. The van der Waals surface area contributed by atoms with Crippen molar-refractivity contribution in [2.45, 2.75) is 19.8 Å². The van der Waals surface area contributed by atoms with Gasteiger partial charge in [0.05, 0.1) is 19.3 Å². The maximum Gasteiger partial charge on any atom is 0.363 e. The number of esters is 1. The summed E-state index contributed by atoms with van der Waals surface area (Å²) in [5.74, 6) is 0.0268. The van der Waals surface area contributed by atoms with Gasteiger partial charge >= 0.3 is 5.97 Å². The molecule has 0 aromatic heterocycles. The van der Waals surface area contributed by atoms with Crippen molar-refractivity contribution in [3.63, 3.8) is 0 Å². The third-order valence-corrected chi connectivity index (χ3v) is 3.97. The summed E-state index contributed by atoms with van der Waals surface area (Å²) < 4.78 is 30.1. The molecule has 2 aromatic rings. The van der Waals surface area contributed by atoms with E-state index >= 15 is 0 Å². The van der Waals surface area contributed by atoms with Gasteiger partial charge in [-0.25, -0.2) is 14.2 Å². The molecule has 0 spiro atoms. The SMILES string of the molecule is CCCCOc1cc(/C=C2/N=C(c3ccccc3F)OC2=O)ccc1OC. The first-order chi connectivity index (χ1) is 13.1. The fraction of sp³-hybridized carbons (Fsp3) is 0.238. The summed E-state index contributed by atoms with van der Waals surface area (Å²) in [5.41, 5.74) is 0.943. The standard InChI is InChI=1S/C21H20FNO4/c1-3-4-11-26-19-13-14(9-10-18(19)25-2)12-17-21(24)27-20(23-17)15-7-5-6-8-16(15)22/h5-10,12-13H,3-4,11H2,1-2H3/b17-12+. The minimum Gasteiger partial charge on any atom is -0.493 e. The first-order valence-electron chi connectivity index (χ1n) is 8.70. The smallest absolute Gasteiger partial charge is 0.363 e. The number of carbonyl (C=O) groups is 1. The lowest BCUT2D eigenvalue weighted by Gasteiger charge is -2.11. The van der Waals surface area contributed by atoms with E-state index in [2.05, 4.69) is 11.9 Å². The van der Waals surface area contributed by atoms with Crippen molar-refractivity contribution in [1.29, 1.82) is 0 Å². The number of hydrogen-bond acceptors (Lipinski definition) is 5. The van der Waals surface area contributed by atoms with Gasteiger partial charge in [0.25, 0.3) is 0 Å². The lowest BCUT2D eigenvalue weighted by Crippen LogP contribution is -2.07. The Morgan fingerprint density at radius 3 is 2.74 bits per heavy atom. The van der Waals surface area contributed by atoms with E-state index in [-0.39, 0.29) is 17.2 Å². The number of aliphatic imine (C=N–C) groups is 1. The molecule has 0 amide bonds. The predicted octanol–water partition coefficient (Wildman–Crippen LogP) is 4.36. The molecule has 0 saturated carbocycles. The molecule has 0 saturated heterocycles. The molecule has 3 rings (SSSR count). The van der Waals surface area contributed by atoms with Gasteiger partial charge in [-0.15, -0.1) is 0 Å². The van der Waals surface area contributed by atoms with Crippen LogP contribution >= 0.6 is 0 Å². The Hall–Kier alpha value is -3.15. The van der Waals surface area contributed by atoms with Crippen LogP contribution in [0.2, 0.25) is 0 Å². The first kappa shape index (κ1) is 18.6. The Morgan fingerprint density at radius 2 is 2.00 bits per heavy atom. The molecule has 1 aliphatic rings. The summed E-state index contributed by atoms with van der Waals surface area (Å²) in [4.78, 5) is 16.2. The molecular formula is C21H20FNO4. The van der Waals surface area contributed by atoms with Gasteiger partial charge in [0.2, 0.25) is 5.90 Å². The third-order valence-electron chi connectivity index (χ3n) is 3.97. The van der Waals surface area contributed by atoms with Crippen LogP contribution in [-0.4, -0.2) is 25.6 Å². The highest BCUT2D eigenvalue weighted by Crippen LogP contribution is 2.30. The minimum atomic E-state index is -0.627. The first-order valence-corrected chi connectivity index (χ1v) is 8.70. The molecule has 0 fully saturated rings. The zero-order valence-electron chi connectivity index (χ0n) is 15.2. The largest absolute Gasteiger partial charge is 0.493 e. The van der Waals surface area contributed by atoms with E-state index in [0.717, 1.165) is 12.8 Å². The van der Waals surface area contributed by atoms with Gasteiger partial charge < -0.3 is 14.2 Å². The number of halogens is 1. The number of ether oxygens (including phenoxy) is 3. The van der Waals surface area contributed by atoms with Gasteiger partial charge in [-0.05, 0) is 42.3 Å². The zero-order valence-corrected chi connectivity index (χ0v) is 15.2. The molecule has 27 heavy (non-hydrogen) atoms. The van der Waals surface area contributed by atoms with Crippen LogP contribution < -0.4 is 9.47 Å². The number of benzene rings is 2. The fourth-order valence-electron chi connectivity index (χ4n) is 2.54. The average molecular weight is 369 g/mol. The van der Waals surface area contributed by atoms with Crippen LogP contribution in [0.15, 0.2) is 53.2 Å². The van der Waals surface area contributed by atoms with Crippen molar-refractivity contribution in [2.24, 2.45) is 4.99 Å². The summed E-state index contributed by atoms with van der Waals surface area (Å²) in [7, 11) is 1.57. The lowest BCUT2D eigenvalue weighted by molar-refractivity contribution is -0.129. The van der Waals surface area contributed by atoms with E-state index in [1.54, 1.807) is 43.5 Å². The van der Waals surface area contributed by atoms with Gasteiger partial charge in [-0.1, -0.05) is 31.5 Å². The molecule has 0 aliphatic carbocycles. The molecule has 5 nitrogen and oxygen atoms in total. The Balaban J connectivity index is 1.88. The number of unbranched alkanes of at least 4 members (excludes halogenated alkanes) is 1. The maximum absolute atomic E-state index is 13.9. The van der Waals surface area contributed by atoms with Crippen LogP contribution in [0.1, 0.15) is 30.9 Å². The molecule has 1 aliphatic heterocycles. The van der Waals surface area contributed by atoms with Crippen molar-refractivity contribution in [3.05, 3.63) is 65.1 Å². The average Bonchev–Trinajstić information content (AvgIpc) is 3.03. The third kappa shape index (κ3) is 4.34. The van der Waals surface area contributed by atoms with E-state index in [4.69, 9.17) is 14.2 Å². The molecule has 0 atom stereocenters. The molecule has 0 N–H and O–H groups in total. The number of nitrogens with zero attached hydrogens (tertiary/aromatic N) is 1. The summed E-state index contributed by atoms with van der Waals surface area (Å²) in [5, 5.41) is 0. The zero-order chi connectivity index (χ0) is 19.2. The second-order valence-electron chi connectivity index (χ2n) is 5.93. The fourth-order valence-corrected chi connectivity index (χ4v) is 2.54. The van der Waals surface area contributed by atoms with Gasteiger partial charge in [0.15, 0.2) is 17.2 Å². The van der Waals surface area contributed by atoms with Gasteiger partial charge in [0.1, 0.15) is 5.82 Å². The van der Waals surface area contributed by atoms with Crippen LogP contribution in [0.25, 0.3) is 6.08 Å². The Labute approximate surface area is 157 Å². The van der Waals surface area contributed by atoms with Crippen molar-refractivity contribution >= 4 is 17.9 Å². The summed E-state index contributed by atoms with van der Waals surface area (Å²) in [6, 6.07) is 11.3. The maximum atomic E-state index is 13.9. The van der Waals surface area contributed by atoms with Crippen LogP contribution in [0.3, 0.4) is 0 Å². The number of cyclic esters (lactones) is 1. The van der Waals surface area contributed by atoms with Crippen molar-refractivity contribution in [1.82, 2.24) is 0 Å². The molecule has 0 radical (unpaired) electrons. The normalized spacial score (nSPS) is 14.9. The quantitative estimate of drug-likeness (QED) is 0.413. The number of rotatable bonds is 7. The highest BCUT2D eigenvalue weighted by Gasteiger charge is 2.26. The molecule has 6 heteroatoms. The predicted molar refractivity (Wildman–Crippen MR) is 100 cm³/mol. The second-order valence-corrected chi connectivity index (χ2v) is 5.93. The van der Waals surface area contributed by atoms with E-state index in [9.17, 15) is 9.18 Å². The molecular weight excluding hydrogens is 349 g/mol. The van der Waals surface area contributed by atoms with Crippen molar-refractivity contribution in [3.8, 4) is 11.5 Å². The number of methoxy groups -OCH3 is 1. The molecule has 140 valence electrons. The van der Waals surface area contributed by atoms with Crippen molar-refractivity contribution < 1.29 is 23.4 Å². The van der Waals surface area contributed by atoms with Crippen LogP contribution in [-0.2, 0) is 9.53 Å². The molecule has 0 bridgehead atoms. The van der Waals surface area contributed by atoms with Crippen molar-refractivity contribution in [2.75, 3.05) is 13.7 Å². The van der Waals surface area contributed by atoms with Crippen LogP contribution in [0.4, 0.5) is 4.39 Å². The number of carbonyl (C=O) groups excluding carboxylic acids is 1.